The molecule has 0 amide bonds. The van der Waals surface area contributed by atoms with Gasteiger partial charge in [0.05, 0.1) is 18.8 Å². The van der Waals surface area contributed by atoms with Gasteiger partial charge in [0, 0.05) is 17.6 Å². The summed E-state index contributed by atoms with van der Waals surface area (Å²) in [7, 11) is 1.94. The highest BCUT2D eigenvalue weighted by atomic mass is 79.9. The van der Waals surface area contributed by atoms with Crippen LogP contribution < -0.4 is 5.32 Å². The molecule has 2 unspecified atom stereocenters. The number of rotatable bonds is 5. The lowest BCUT2D eigenvalue weighted by Crippen LogP contribution is -2.25. The zero-order valence-electron chi connectivity index (χ0n) is 9.99. The largest absolute Gasteiger partial charge is 0.379 e. The maximum atomic E-state index is 6.10. The van der Waals surface area contributed by atoms with Crippen molar-refractivity contribution in [3.8, 4) is 0 Å². The summed E-state index contributed by atoms with van der Waals surface area (Å²) in [5.74, 6) is 0. The molecule has 17 heavy (non-hydrogen) atoms. The van der Waals surface area contributed by atoms with E-state index in [0.717, 1.165) is 24.0 Å². The van der Waals surface area contributed by atoms with Gasteiger partial charge in [-0.3, -0.25) is 0 Å². The second-order valence-corrected chi connectivity index (χ2v) is 5.04. The lowest BCUT2D eigenvalue weighted by Gasteiger charge is -2.22. The Kier molecular flexibility index (Phi) is 4.98. The van der Waals surface area contributed by atoms with Crippen LogP contribution in [0, 0.1) is 0 Å². The van der Waals surface area contributed by atoms with E-state index in [4.69, 9.17) is 9.47 Å². The first-order valence-electron chi connectivity index (χ1n) is 5.93. The highest BCUT2D eigenvalue weighted by molar-refractivity contribution is 9.10. The van der Waals surface area contributed by atoms with E-state index in [1.54, 1.807) is 0 Å². The third kappa shape index (κ3) is 3.52. The van der Waals surface area contributed by atoms with E-state index in [9.17, 15) is 0 Å². The number of hydrogen-bond donors (Lipinski definition) is 1. The summed E-state index contributed by atoms with van der Waals surface area (Å²) >= 11 is 3.58. The Bertz CT molecular complexity index is 353. The molecule has 4 heteroatoms. The van der Waals surface area contributed by atoms with Gasteiger partial charge in [0.1, 0.15) is 0 Å². The van der Waals surface area contributed by atoms with Crippen LogP contribution in [-0.2, 0) is 9.47 Å². The predicted octanol–water partition coefficient (Wildman–Crippen LogP) is 2.52. The Balaban J connectivity index is 2.08. The molecule has 94 valence electrons. The zero-order chi connectivity index (χ0) is 12.1. The van der Waals surface area contributed by atoms with Gasteiger partial charge in [0.15, 0.2) is 0 Å². The van der Waals surface area contributed by atoms with Crippen LogP contribution in [0.5, 0.6) is 0 Å². The second kappa shape index (κ2) is 6.50. The molecule has 1 aliphatic rings. The Morgan fingerprint density at radius 1 is 1.53 bits per heavy atom. The predicted molar refractivity (Wildman–Crippen MR) is 71.1 cm³/mol. The topological polar surface area (TPSA) is 30.5 Å². The first-order valence-corrected chi connectivity index (χ1v) is 6.73. The van der Waals surface area contributed by atoms with Crippen LogP contribution in [-0.4, -0.2) is 32.9 Å². The van der Waals surface area contributed by atoms with Gasteiger partial charge in [-0.05, 0) is 25.1 Å². The number of nitrogens with one attached hydrogen (secondary N) is 1. The van der Waals surface area contributed by atoms with Crippen molar-refractivity contribution in [3.05, 3.63) is 34.3 Å². The molecule has 1 N–H and O–H groups in total. The quantitative estimate of drug-likeness (QED) is 0.906. The van der Waals surface area contributed by atoms with Crippen molar-refractivity contribution in [2.45, 2.75) is 18.6 Å². The van der Waals surface area contributed by atoms with Gasteiger partial charge < -0.3 is 14.8 Å². The van der Waals surface area contributed by atoms with Crippen LogP contribution in [0.25, 0.3) is 0 Å². The molecule has 1 fully saturated rings. The summed E-state index contributed by atoms with van der Waals surface area (Å²) in [5.41, 5.74) is 1.19. The molecule has 2 rings (SSSR count). The van der Waals surface area contributed by atoms with Crippen molar-refractivity contribution in [1.29, 1.82) is 0 Å². The fourth-order valence-corrected chi connectivity index (χ4v) is 2.55. The molecule has 0 radical (unpaired) electrons. The standard InChI is InChI=1S/C13H18BrNO2/c1-15-8-13(17-10-6-7-16-9-10)11-4-2-3-5-12(11)14/h2-5,10,13,15H,6-9H2,1H3. The lowest BCUT2D eigenvalue weighted by atomic mass is 10.1. The monoisotopic (exact) mass is 299 g/mol. The SMILES string of the molecule is CNCC(OC1CCOC1)c1ccccc1Br. The Morgan fingerprint density at radius 3 is 3.00 bits per heavy atom. The second-order valence-electron chi connectivity index (χ2n) is 4.19. The van der Waals surface area contributed by atoms with E-state index >= 15 is 0 Å². The number of halogens is 1. The van der Waals surface area contributed by atoms with Gasteiger partial charge in [-0.1, -0.05) is 34.1 Å². The van der Waals surface area contributed by atoms with Gasteiger partial charge in [0.2, 0.25) is 0 Å². The summed E-state index contributed by atoms with van der Waals surface area (Å²) < 4.78 is 12.5. The van der Waals surface area contributed by atoms with E-state index in [0.29, 0.717) is 6.61 Å². The fraction of sp³-hybridized carbons (Fsp3) is 0.538. The Morgan fingerprint density at radius 2 is 2.35 bits per heavy atom. The van der Waals surface area contributed by atoms with Crippen molar-refractivity contribution in [3.63, 3.8) is 0 Å². The van der Waals surface area contributed by atoms with Gasteiger partial charge in [-0.15, -0.1) is 0 Å². The molecule has 2 atom stereocenters. The van der Waals surface area contributed by atoms with E-state index in [1.807, 2.05) is 25.2 Å². The molecule has 1 aliphatic heterocycles. The molecule has 0 saturated carbocycles. The van der Waals surface area contributed by atoms with Crippen LogP contribution in [0.2, 0.25) is 0 Å². The summed E-state index contributed by atoms with van der Waals surface area (Å²) in [5, 5.41) is 3.18. The molecule has 1 saturated heterocycles. The highest BCUT2D eigenvalue weighted by Gasteiger charge is 2.22. The van der Waals surface area contributed by atoms with E-state index in [1.165, 1.54) is 5.56 Å². The molecule has 1 aromatic carbocycles. The minimum Gasteiger partial charge on any atom is -0.379 e. The van der Waals surface area contributed by atoms with Crippen molar-refractivity contribution in [1.82, 2.24) is 5.32 Å². The average Bonchev–Trinajstić information content (AvgIpc) is 2.82. The van der Waals surface area contributed by atoms with Crippen LogP contribution in [0.15, 0.2) is 28.7 Å². The summed E-state index contributed by atoms with van der Waals surface area (Å²) in [6.45, 7) is 2.33. The fourth-order valence-electron chi connectivity index (χ4n) is 2.01. The minimum absolute atomic E-state index is 0.0716. The van der Waals surface area contributed by atoms with Crippen LogP contribution in [0.3, 0.4) is 0 Å². The lowest BCUT2D eigenvalue weighted by molar-refractivity contribution is -0.0159. The maximum absolute atomic E-state index is 6.10. The Labute approximate surface area is 111 Å². The summed E-state index contributed by atoms with van der Waals surface area (Å²) in [6.07, 6.45) is 1.28. The molecular weight excluding hydrogens is 282 g/mol. The normalized spacial score (nSPS) is 21.6. The van der Waals surface area contributed by atoms with Crippen molar-refractivity contribution >= 4 is 15.9 Å². The molecule has 0 bridgehead atoms. The number of likely N-dealkylation sites (N-methyl/N-ethyl adjacent to an activating group) is 1. The molecule has 0 aromatic heterocycles. The zero-order valence-corrected chi connectivity index (χ0v) is 11.6. The number of benzene rings is 1. The van der Waals surface area contributed by atoms with Crippen molar-refractivity contribution in [2.75, 3.05) is 26.8 Å². The molecule has 0 aliphatic carbocycles. The third-order valence-electron chi connectivity index (χ3n) is 2.89. The smallest absolute Gasteiger partial charge is 0.0964 e. The van der Waals surface area contributed by atoms with Gasteiger partial charge in [-0.2, -0.15) is 0 Å². The number of hydrogen-bond acceptors (Lipinski definition) is 3. The molecule has 1 aromatic rings. The maximum Gasteiger partial charge on any atom is 0.0964 e. The van der Waals surface area contributed by atoms with Crippen molar-refractivity contribution < 1.29 is 9.47 Å². The summed E-state index contributed by atoms with van der Waals surface area (Å²) in [4.78, 5) is 0. The highest BCUT2D eigenvalue weighted by Crippen LogP contribution is 2.27. The van der Waals surface area contributed by atoms with Crippen LogP contribution in [0.1, 0.15) is 18.1 Å². The average molecular weight is 300 g/mol. The minimum atomic E-state index is 0.0716. The van der Waals surface area contributed by atoms with E-state index in [-0.39, 0.29) is 12.2 Å². The van der Waals surface area contributed by atoms with E-state index < -0.39 is 0 Å². The van der Waals surface area contributed by atoms with Gasteiger partial charge in [0.25, 0.3) is 0 Å². The molecule has 3 nitrogen and oxygen atoms in total. The summed E-state index contributed by atoms with van der Waals surface area (Å²) in [6, 6.07) is 8.20. The third-order valence-corrected chi connectivity index (χ3v) is 3.61. The first-order chi connectivity index (χ1) is 8.31. The van der Waals surface area contributed by atoms with Gasteiger partial charge in [-0.25, -0.2) is 0 Å². The molecule has 0 spiro atoms. The number of ether oxygens (including phenoxy) is 2. The van der Waals surface area contributed by atoms with Gasteiger partial charge >= 0.3 is 0 Å². The first kappa shape index (κ1) is 13.0. The van der Waals surface area contributed by atoms with Crippen LogP contribution >= 0.6 is 15.9 Å². The van der Waals surface area contributed by atoms with Crippen LogP contribution in [0.4, 0.5) is 0 Å². The van der Waals surface area contributed by atoms with Crippen molar-refractivity contribution in [2.24, 2.45) is 0 Å². The molecule has 1 heterocycles. The van der Waals surface area contributed by atoms with E-state index in [2.05, 4.69) is 27.3 Å². The Hall–Kier alpha value is -0.420. The molecular formula is C13H18BrNO2.